The third kappa shape index (κ3) is 3.85. The first-order valence-electron chi connectivity index (χ1n) is 6.30. The maximum absolute atomic E-state index is 12.7. The minimum atomic E-state index is -0.648. The number of ether oxygens (including phenoxy) is 1. The number of anilines is 1. The third-order valence-corrected chi connectivity index (χ3v) is 2.64. The van der Waals surface area contributed by atoms with E-state index < -0.39 is 17.8 Å². The van der Waals surface area contributed by atoms with Crippen LogP contribution in [0, 0.1) is 5.95 Å². The summed E-state index contributed by atoms with van der Waals surface area (Å²) in [4.78, 5) is 26.8. The fourth-order valence-corrected chi connectivity index (χ4v) is 1.62. The number of carbonyl (C=O) groups excluding carboxylic acids is 2. The van der Waals surface area contributed by atoms with Gasteiger partial charge in [0.25, 0.3) is 5.91 Å². The van der Waals surface area contributed by atoms with Gasteiger partial charge in [0.1, 0.15) is 0 Å². The highest BCUT2D eigenvalue weighted by Crippen LogP contribution is 2.12. The van der Waals surface area contributed by atoms with Gasteiger partial charge in [0.15, 0.2) is 0 Å². The number of nitrogens with zero attached hydrogens (tertiary/aromatic N) is 1. The third-order valence-electron chi connectivity index (χ3n) is 2.64. The number of carbonyl (C=O) groups is 2. The number of pyridine rings is 1. The molecule has 1 heterocycles. The summed E-state index contributed by atoms with van der Waals surface area (Å²) >= 11 is 0. The summed E-state index contributed by atoms with van der Waals surface area (Å²) in [6.07, 6.45) is 1.15. The SMILES string of the molecule is CCOC(=O)c1ccc(NC(=O)c2ccc(F)nc2)cc1. The first kappa shape index (κ1) is 14.6. The normalized spacial score (nSPS) is 10.0. The number of esters is 1. The zero-order chi connectivity index (χ0) is 15.2. The molecule has 0 bridgehead atoms. The maximum atomic E-state index is 12.7. The molecule has 108 valence electrons. The molecule has 0 fully saturated rings. The molecule has 0 spiro atoms. The van der Waals surface area contributed by atoms with Crippen LogP contribution in [0.2, 0.25) is 0 Å². The average molecular weight is 288 g/mol. The number of benzene rings is 1. The molecule has 0 radical (unpaired) electrons. The van der Waals surface area contributed by atoms with E-state index in [1.807, 2.05) is 0 Å². The van der Waals surface area contributed by atoms with E-state index in [0.29, 0.717) is 17.9 Å². The van der Waals surface area contributed by atoms with Crippen molar-refractivity contribution in [3.63, 3.8) is 0 Å². The van der Waals surface area contributed by atoms with Crippen LogP contribution in [0.3, 0.4) is 0 Å². The van der Waals surface area contributed by atoms with Crippen LogP contribution in [0.4, 0.5) is 10.1 Å². The van der Waals surface area contributed by atoms with E-state index in [1.54, 1.807) is 31.2 Å². The molecule has 5 nitrogen and oxygen atoms in total. The summed E-state index contributed by atoms with van der Waals surface area (Å²) in [7, 11) is 0. The van der Waals surface area contributed by atoms with Gasteiger partial charge in [0.05, 0.1) is 17.7 Å². The van der Waals surface area contributed by atoms with E-state index in [9.17, 15) is 14.0 Å². The van der Waals surface area contributed by atoms with E-state index >= 15 is 0 Å². The van der Waals surface area contributed by atoms with Crippen molar-refractivity contribution in [2.45, 2.75) is 6.92 Å². The Morgan fingerprint density at radius 1 is 1.14 bits per heavy atom. The average Bonchev–Trinajstić information content (AvgIpc) is 2.49. The van der Waals surface area contributed by atoms with Crippen molar-refractivity contribution in [2.24, 2.45) is 0 Å². The Labute approximate surface area is 120 Å². The van der Waals surface area contributed by atoms with Gasteiger partial charge in [-0.2, -0.15) is 4.39 Å². The van der Waals surface area contributed by atoms with E-state index in [2.05, 4.69) is 10.3 Å². The smallest absolute Gasteiger partial charge is 0.338 e. The lowest BCUT2D eigenvalue weighted by Gasteiger charge is -2.06. The van der Waals surface area contributed by atoms with Crippen LogP contribution in [0.25, 0.3) is 0 Å². The number of hydrogen-bond acceptors (Lipinski definition) is 4. The molecule has 1 amide bonds. The van der Waals surface area contributed by atoms with Crippen LogP contribution >= 0.6 is 0 Å². The van der Waals surface area contributed by atoms with E-state index in [-0.39, 0.29) is 5.56 Å². The first-order chi connectivity index (χ1) is 10.1. The summed E-state index contributed by atoms with van der Waals surface area (Å²) in [5.74, 6) is -1.48. The molecule has 0 aliphatic carbocycles. The van der Waals surface area contributed by atoms with Crippen LogP contribution in [0.15, 0.2) is 42.6 Å². The van der Waals surface area contributed by atoms with Crippen molar-refractivity contribution in [1.82, 2.24) is 4.98 Å². The minimum Gasteiger partial charge on any atom is -0.462 e. The Kier molecular flexibility index (Phi) is 4.61. The lowest BCUT2D eigenvalue weighted by atomic mass is 10.2. The molecule has 21 heavy (non-hydrogen) atoms. The lowest BCUT2D eigenvalue weighted by molar-refractivity contribution is 0.0526. The highest BCUT2D eigenvalue weighted by molar-refractivity contribution is 6.04. The predicted octanol–water partition coefficient (Wildman–Crippen LogP) is 2.65. The monoisotopic (exact) mass is 288 g/mol. The Balaban J connectivity index is 2.04. The quantitative estimate of drug-likeness (QED) is 0.693. The lowest BCUT2D eigenvalue weighted by Crippen LogP contribution is -2.12. The predicted molar refractivity (Wildman–Crippen MR) is 74.5 cm³/mol. The molecule has 1 aromatic carbocycles. The molecule has 1 aromatic heterocycles. The van der Waals surface area contributed by atoms with Crippen molar-refractivity contribution in [3.8, 4) is 0 Å². The fourth-order valence-electron chi connectivity index (χ4n) is 1.62. The van der Waals surface area contributed by atoms with E-state index in [1.165, 1.54) is 6.07 Å². The Morgan fingerprint density at radius 3 is 2.38 bits per heavy atom. The first-order valence-corrected chi connectivity index (χ1v) is 6.30. The summed E-state index contributed by atoms with van der Waals surface area (Å²) in [6.45, 7) is 2.03. The van der Waals surface area contributed by atoms with Crippen molar-refractivity contribution < 1.29 is 18.7 Å². The molecule has 6 heteroatoms. The molecular formula is C15H13FN2O3. The molecule has 0 aliphatic heterocycles. The largest absolute Gasteiger partial charge is 0.462 e. The highest BCUT2D eigenvalue weighted by atomic mass is 19.1. The number of aromatic nitrogens is 1. The van der Waals surface area contributed by atoms with Gasteiger partial charge in [0, 0.05) is 11.9 Å². The van der Waals surface area contributed by atoms with Crippen molar-refractivity contribution >= 4 is 17.6 Å². The Bertz CT molecular complexity index is 639. The Hall–Kier alpha value is -2.76. The molecule has 2 rings (SSSR count). The zero-order valence-electron chi connectivity index (χ0n) is 11.3. The topological polar surface area (TPSA) is 68.3 Å². The molecule has 2 aromatic rings. The van der Waals surface area contributed by atoms with Crippen LogP contribution in [0.5, 0.6) is 0 Å². The molecule has 0 saturated heterocycles. The van der Waals surface area contributed by atoms with Crippen LogP contribution in [0.1, 0.15) is 27.6 Å². The van der Waals surface area contributed by atoms with Crippen molar-refractivity contribution in [3.05, 3.63) is 59.7 Å². The summed E-state index contributed by atoms with van der Waals surface area (Å²) in [5, 5.41) is 2.62. The summed E-state index contributed by atoms with van der Waals surface area (Å²) in [6, 6.07) is 8.72. The number of nitrogens with one attached hydrogen (secondary N) is 1. The number of hydrogen-bond donors (Lipinski definition) is 1. The molecule has 0 atom stereocenters. The molecule has 0 saturated carbocycles. The van der Waals surface area contributed by atoms with Gasteiger partial charge in [0.2, 0.25) is 5.95 Å². The summed E-state index contributed by atoms with van der Waals surface area (Å²) in [5.41, 5.74) is 1.15. The van der Waals surface area contributed by atoms with Gasteiger partial charge < -0.3 is 10.1 Å². The van der Waals surface area contributed by atoms with E-state index in [4.69, 9.17) is 4.74 Å². The number of halogens is 1. The molecular weight excluding hydrogens is 275 g/mol. The van der Waals surface area contributed by atoms with Crippen LogP contribution in [-0.2, 0) is 4.74 Å². The minimum absolute atomic E-state index is 0.242. The zero-order valence-corrected chi connectivity index (χ0v) is 11.3. The highest BCUT2D eigenvalue weighted by Gasteiger charge is 2.09. The van der Waals surface area contributed by atoms with Crippen molar-refractivity contribution in [2.75, 3.05) is 11.9 Å². The Morgan fingerprint density at radius 2 is 1.81 bits per heavy atom. The molecule has 0 aliphatic rings. The van der Waals surface area contributed by atoms with Crippen LogP contribution < -0.4 is 5.32 Å². The fraction of sp³-hybridized carbons (Fsp3) is 0.133. The van der Waals surface area contributed by atoms with E-state index in [0.717, 1.165) is 12.3 Å². The molecule has 0 unspecified atom stereocenters. The van der Waals surface area contributed by atoms with Gasteiger partial charge in [-0.05, 0) is 43.3 Å². The van der Waals surface area contributed by atoms with Crippen molar-refractivity contribution in [1.29, 1.82) is 0 Å². The van der Waals surface area contributed by atoms with Gasteiger partial charge in [-0.15, -0.1) is 0 Å². The second kappa shape index (κ2) is 6.60. The van der Waals surface area contributed by atoms with Crippen LogP contribution in [-0.4, -0.2) is 23.5 Å². The van der Waals surface area contributed by atoms with Gasteiger partial charge in [-0.3, -0.25) is 4.79 Å². The maximum Gasteiger partial charge on any atom is 0.338 e. The summed E-state index contributed by atoms with van der Waals surface area (Å²) < 4.78 is 17.5. The number of rotatable bonds is 4. The van der Waals surface area contributed by atoms with Gasteiger partial charge in [-0.1, -0.05) is 0 Å². The second-order valence-electron chi connectivity index (χ2n) is 4.12. The van der Waals surface area contributed by atoms with Gasteiger partial charge >= 0.3 is 5.97 Å². The second-order valence-corrected chi connectivity index (χ2v) is 4.12. The van der Waals surface area contributed by atoms with Gasteiger partial charge in [-0.25, -0.2) is 9.78 Å². The number of amides is 1. The standard InChI is InChI=1S/C15H13FN2O3/c1-2-21-15(20)10-3-6-12(7-4-10)18-14(19)11-5-8-13(16)17-9-11/h3-9H,2H2,1H3,(H,18,19). The molecule has 1 N–H and O–H groups in total.